The van der Waals surface area contributed by atoms with E-state index in [2.05, 4.69) is 0 Å². The van der Waals surface area contributed by atoms with Crippen LogP contribution in [0.2, 0.25) is 0 Å². The molecule has 0 bridgehead atoms. The van der Waals surface area contributed by atoms with Gasteiger partial charge in [0.2, 0.25) is 5.91 Å². The van der Waals surface area contributed by atoms with Crippen LogP contribution in [0, 0.1) is 0 Å². The van der Waals surface area contributed by atoms with Gasteiger partial charge in [0.25, 0.3) is 0 Å². The zero-order valence-corrected chi connectivity index (χ0v) is 10.5. The Balaban J connectivity index is 3.85. The first-order valence-electron chi connectivity index (χ1n) is 5.46. The third-order valence-corrected chi connectivity index (χ3v) is 2.50. The van der Waals surface area contributed by atoms with Crippen molar-refractivity contribution in [3.63, 3.8) is 0 Å². The summed E-state index contributed by atoms with van der Waals surface area (Å²) in [5.41, 5.74) is 0. The minimum atomic E-state index is -0.301. The standard InChI is InChI=1S/C11H24N2O2/c1-9(2)13(5)11(15)8-12(4)7-6-10(3)14/h9-10,14H,6-8H2,1-5H3. The maximum Gasteiger partial charge on any atom is 0.236 e. The molecule has 90 valence electrons. The fourth-order valence-electron chi connectivity index (χ4n) is 1.12. The summed E-state index contributed by atoms with van der Waals surface area (Å²) in [7, 11) is 3.71. The molecule has 0 spiro atoms. The van der Waals surface area contributed by atoms with Gasteiger partial charge in [-0.2, -0.15) is 0 Å². The van der Waals surface area contributed by atoms with Gasteiger partial charge in [0.15, 0.2) is 0 Å². The fourth-order valence-corrected chi connectivity index (χ4v) is 1.12. The van der Waals surface area contributed by atoms with Crippen molar-refractivity contribution in [2.45, 2.75) is 39.3 Å². The molecule has 0 rings (SSSR count). The summed E-state index contributed by atoms with van der Waals surface area (Å²) in [6, 6.07) is 0.239. The molecule has 0 saturated heterocycles. The average Bonchev–Trinajstić information content (AvgIpc) is 2.13. The lowest BCUT2D eigenvalue weighted by molar-refractivity contribution is -0.132. The Morgan fingerprint density at radius 3 is 2.20 bits per heavy atom. The number of aliphatic hydroxyl groups is 1. The van der Waals surface area contributed by atoms with Crippen LogP contribution in [0.4, 0.5) is 0 Å². The molecular formula is C11H24N2O2. The Kier molecular flexibility index (Phi) is 6.52. The van der Waals surface area contributed by atoms with Crippen LogP contribution in [0.3, 0.4) is 0 Å². The van der Waals surface area contributed by atoms with Crippen LogP contribution in [0.1, 0.15) is 27.2 Å². The highest BCUT2D eigenvalue weighted by molar-refractivity contribution is 5.78. The Morgan fingerprint density at radius 1 is 1.27 bits per heavy atom. The summed E-state index contributed by atoms with van der Waals surface area (Å²) in [5.74, 6) is 0.123. The molecule has 0 aromatic carbocycles. The van der Waals surface area contributed by atoms with Crippen molar-refractivity contribution in [3.8, 4) is 0 Å². The summed E-state index contributed by atoms with van der Waals surface area (Å²) in [6.45, 7) is 6.91. The van der Waals surface area contributed by atoms with E-state index in [1.54, 1.807) is 11.8 Å². The Morgan fingerprint density at radius 2 is 1.80 bits per heavy atom. The molecule has 1 N–H and O–H groups in total. The Hall–Kier alpha value is -0.610. The maximum atomic E-state index is 11.7. The van der Waals surface area contributed by atoms with Gasteiger partial charge in [-0.05, 0) is 34.2 Å². The summed E-state index contributed by atoms with van der Waals surface area (Å²) < 4.78 is 0. The Labute approximate surface area is 92.9 Å². The minimum Gasteiger partial charge on any atom is -0.393 e. The smallest absolute Gasteiger partial charge is 0.236 e. The van der Waals surface area contributed by atoms with Crippen LogP contribution in [0.25, 0.3) is 0 Å². The fraction of sp³-hybridized carbons (Fsp3) is 0.909. The first-order chi connectivity index (χ1) is 6.84. The highest BCUT2D eigenvalue weighted by atomic mass is 16.3. The topological polar surface area (TPSA) is 43.8 Å². The molecule has 0 aromatic rings. The number of likely N-dealkylation sites (N-methyl/N-ethyl adjacent to an activating group) is 2. The monoisotopic (exact) mass is 216 g/mol. The van der Waals surface area contributed by atoms with Crippen LogP contribution >= 0.6 is 0 Å². The van der Waals surface area contributed by atoms with Crippen molar-refractivity contribution in [1.82, 2.24) is 9.80 Å². The molecule has 0 aliphatic carbocycles. The van der Waals surface area contributed by atoms with Crippen molar-refractivity contribution >= 4 is 5.91 Å². The van der Waals surface area contributed by atoms with E-state index in [-0.39, 0.29) is 18.1 Å². The number of hydrogen-bond donors (Lipinski definition) is 1. The molecule has 0 aromatic heterocycles. The number of nitrogens with zero attached hydrogens (tertiary/aromatic N) is 2. The number of carbonyl (C=O) groups excluding carboxylic acids is 1. The largest absolute Gasteiger partial charge is 0.393 e. The molecular weight excluding hydrogens is 192 g/mol. The highest BCUT2D eigenvalue weighted by Crippen LogP contribution is 1.98. The van der Waals surface area contributed by atoms with Crippen LogP contribution in [-0.2, 0) is 4.79 Å². The second-order valence-electron chi connectivity index (χ2n) is 4.47. The van der Waals surface area contributed by atoms with Gasteiger partial charge in [-0.1, -0.05) is 0 Å². The van der Waals surface area contributed by atoms with Gasteiger partial charge in [0.05, 0.1) is 12.6 Å². The molecule has 0 fully saturated rings. The van der Waals surface area contributed by atoms with E-state index >= 15 is 0 Å². The number of aliphatic hydroxyl groups excluding tert-OH is 1. The molecule has 0 radical (unpaired) electrons. The van der Waals surface area contributed by atoms with E-state index < -0.39 is 0 Å². The van der Waals surface area contributed by atoms with E-state index in [0.29, 0.717) is 13.0 Å². The zero-order valence-electron chi connectivity index (χ0n) is 10.5. The molecule has 0 heterocycles. The number of amides is 1. The summed E-state index contributed by atoms with van der Waals surface area (Å²) in [4.78, 5) is 15.3. The van der Waals surface area contributed by atoms with Gasteiger partial charge in [-0.15, -0.1) is 0 Å². The predicted octanol–water partition coefficient (Wildman–Crippen LogP) is 0.556. The summed E-state index contributed by atoms with van der Waals surface area (Å²) in [6.07, 6.45) is 0.403. The lowest BCUT2D eigenvalue weighted by Crippen LogP contribution is -2.40. The summed E-state index contributed by atoms with van der Waals surface area (Å²) in [5, 5.41) is 9.11. The lowest BCUT2D eigenvalue weighted by atomic mass is 10.2. The molecule has 4 heteroatoms. The third-order valence-electron chi connectivity index (χ3n) is 2.50. The number of hydrogen-bond acceptors (Lipinski definition) is 3. The van der Waals surface area contributed by atoms with Crippen LogP contribution in [0.5, 0.6) is 0 Å². The average molecular weight is 216 g/mol. The van der Waals surface area contributed by atoms with Crippen LogP contribution in [0.15, 0.2) is 0 Å². The van der Waals surface area contributed by atoms with Crippen molar-refractivity contribution in [2.24, 2.45) is 0 Å². The molecule has 0 aliphatic rings. The predicted molar refractivity (Wildman–Crippen MR) is 61.7 cm³/mol. The molecule has 1 amide bonds. The van der Waals surface area contributed by atoms with E-state index in [1.165, 1.54) is 0 Å². The SMILES string of the molecule is CC(O)CCN(C)CC(=O)N(C)C(C)C. The van der Waals surface area contributed by atoms with Crippen LogP contribution in [-0.4, -0.2) is 60.1 Å². The quantitative estimate of drug-likeness (QED) is 0.705. The first-order valence-corrected chi connectivity index (χ1v) is 5.46. The molecule has 0 aliphatic heterocycles. The van der Waals surface area contributed by atoms with E-state index in [4.69, 9.17) is 5.11 Å². The molecule has 15 heavy (non-hydrogen) atoms. The van der Waals surface area contributed by atoms with Crippen molar-refractivity contribution in [3.05, 3.63) is 0 Å². The van der Waals surface area contributed by atoms with Crippen LogP contribution < -0.4 is 0 Å². The minimum absolute atomic E-state index is 0.123. The van der Waals surface area contributed by atoms with Crippen molar-refractivity contribution in [1.29, 1.82) is 0 Å². The molecule has 4 nitrogen and oxygen atoms in total. The third kappa shape index (κ3) is 6.47. The van der Waals surface area contributed by atoms with Gasteiger partial charge >= 0.3 is 0 Å². The van der Waals surface area contributed by atoms with Gasteiger partial charge in [0.1, 0.15) is 0 Å². The lowest BCUT2D eigenvalue weighted by Gasteiger charge is -2.25. The normalized spacial score (nSPS) is 13.3. The first kappa shape index (κ1) is 14.4. The van der Waals surface area contributed by atoms with E-state index in [9.17, 15) is 4.79 Å². The van der Waals surface area contributed by atoms with Gasteiger partial charge in [-0.25, -0.2) is 0 Å². The molecule has 1 atom stereocenters. The number of rotatable bonds is 6. The summed E-state index contributed by atoms with van der Waals surface area (Å²) >= 11 is 0. The van der Waals surface area contributed by atoms with E-state index in [0.717, 1.165) is 6.54 Å². The number of carbonyl (C=O) groups is 1. The molecule has 0 saturated carbocycles. The van der Waals surface area contributed by atoms with Crippen molar-refractivity contribution < 1.29 is 9.90 Å². The molecule has 1 unspecified atom stereocenters. The maximum absolute atomic E-state index is 11.7. The Bertz CT molecular complexity index is 193. The second-order valence-corrected chi connectivity index (χ2v) is 4.47. The van der Waals surface area contributed by atoms with E-state index in [1.807, 2.05) is 32.8 Å². The second kappa shape index (κ2) is 6.80. The highest BCUT2D eigenvalue weighted by Gasteiger charge is 2.13. The zero-order chi connectivity index (χ0) is 12.0. The van der Waals surface area contributed by atoms with Crippen molar-refractivity contribution in [2.75, 3.05) is 27.2 Å². The van der Waals surface area contributed by atoms with Gasteiger partial charge < -0.3 is 10.0 Å². The van der Waals surface area contributed by atoms with Gasteiger partial charge in [0, 0.05) is 19.6 Å². The van der Waals surface area contributed by atoms with Gasteiger partial charge in [-0.3, -0.25) is 9.69 Å².